The molecule has 2 atom stereocenters. The second-order valence-corrected chi connectivity index (χ2v) is 5.67. The minimum Gasteiger partial charge on any atom is -0.381 e. The number of hydrogen-bond donors (Lipinski definition) is 0. The number of rotatable bonds is 4. The van der Waals surface area contributed by atoms with Crippen LogP contribution in [0.1, 0.15) is 36.3 Å². The van der Waals surface area contributed by atoms with Crippen LogP contribution in [0.3, 0.4) is 0 Å². The van der Waals surface area contributed by atoms with Crippen molar-refractivity contribution in [1.29, 1.82) is 0 Å². The molecule has 0 amide bonds. The highest BCUT2D eigenvalue weighted by atomic mass is 16.5. The van der Waals surface area contributed by atoms with Crippen LogP contribution in [0.25, 0.3) is 0 Å². The zero-order valence-corrected chi connectivity index (χ0v) is 12.0. The van der Waals surface area contributed by atoms with Crippen molar-refractivity contribution in [2.45, 2.75) is 31.3 Å². The zero-order chi connectivity index (χ0) is 13.8. The van der Waals surface area contributed by atoms with Crippen molar-refractivity contribution >= 4 is 0 Å². The van der Waals surface area contributed by atoms with Gasteiger partial charge < -0.3 is 4.74 Å². The van der Waals surface area contributed by atoms with E-state index < -0.39 is 0 Å². The third-order valence-electron chi connectivity index (χ3n) is 4.55. The van der Waals surface area contributed by atoms with Crippen LogP contribution < -0.4 is 0 Å². The van der Waals surface area contributed by atoms with Crippen molar-refractivity contribution in [2.75, 3.05) is 7.11 Å². The van der Waals surface area contributed by atoms with Gasteiger partial charge in [0.1, 0.15) is 0 Å². The second kappa shape index (κ2) is 6.23. The summed E-state index contributed by atoms with van der Waals surface area (Å²) in [6.07, 6.45) is 4.12. The first-order valence-electron chi connectivity index (χ1n) is 7.53. The van der Waals surface area contributed by atoms with E-state index in [0.717, 1.165) is 0 Å². The van der Waals surface area contributed by atoms with Gasteiger partial charge in [0, 0.05) is 13.0 Å². The topological polar surface area (TPSA) is 9.23 Å². The van der Waals surface area contributed by atoms with Gasteiger partial charge in [-0.1, -0.05) is 67.1 Å². The quantitative estimate of drug-likeness (QED) is 0.783. The fourth-order valence-corrected chi connectivity index (χ4v) is 3.64. The molecule has 0 radical (unpaired) electrons. The molecule has 0 saturated heterocycles. The third kappa shape index (κ3) is 2.64. The Kier molecular flexibility index (Phi) is 4.17. The molecule has 3 rings (SSSR count). The van der Waals surface area contributed by atoms with Crippen LogP contribution in [0.4, 0.5) is 0 Å². The average molecular weight is 266 g/mol. The summed E-state index contributed by atoms with van der Waals surface area (Å²) in [6, 6.07) is 21.8. The van der Waals surface area contributed by atoms with Gasteiger partial charge in [0.2, 0.25) is 0 Å². The maximum atomic E-state index is 5.75. The molecule has 0 aliphatic heterocycles. The number of ether oxygens (including phenoxy) is 1. The molecule has 0 heterocycles. The van der Waals surface area contributed by atoms with Gasteiger partial charge in [0.25, 0.3) is 0 Å². The molecule has 0 N–H and O–H groups in total. The molecule has 104 valence electrons. The van der Waals surface area contributed by atoms with E-state index in [1.807, 2.05) is 7.11 Å². The lowest BCUT2D eigenvalue weighted by Gasteiger charge is -2.29. The van der Waals surface area contributed by atoms with Crippen LogP contribution in [0.2, 0.25) is 0 Å². The molecule has 0 aromatic heterocycles. The SMILES string of the molecule is CO[C@H]1CCC[C@H]1C(c1ccccc1)c1ccccc1. The van der Waals surface area contributed by atoms with Gasteiger partial charge in [-0.05, 0) is 29.9 Å². The van der Waals surface area contributed by atoms with E-state index >= 15 is 0 Å². The fraction of sp³-hybridized carbons (Fsp3) is 0.368. The summed E-state index contributed by atoms with van der Waals surface area (Å²) in [4.78, 5) is 0. The summed E-state index contributed by atoms with van der Waals surface area (Å²) in [5.41, 5.74) is 2.82. The van der Waals surface area contributed by atoms with E-state index in [4.69, 9.17) is 4.74 Å². The van der Waals surface area contributed by atoms with Crippen LogP contribution in [0.5, 0.6) is 0 Å². The zero-order valence-electron chi connectivity index (χ0n) is 12.0. The molecule has 1 aliphatic rings. The standard InChI is InChI=1S/C19H22O/c1-20-18-14-8-13-17(18)19(15-9-4-2-5-10-15)16-11-6-3-7-12-16/h2-7,9-12,17-19H,8,13-14H2,1H3/t17-,18+/m1/s1. The maximum absolute atomic E-state index is 5.75. The Morgan fingerprint density at radius 2 is 1.40 bits per heavy atom. The summed E-state index contributed by atoms with van der Waals surface area (Å²) in [5, 5.41) is 0. The van der Waals surface area contributed by atoms with Crippen molar-refractivity contribution in [3.63, 3.8) is 0 Å². The molecule has 1 fully saturated rings. The highest BCUT2D eigenvalue weighted by Crippen LogP contribution is 2.42. The van der Waals surface area contributed by atoms with Crippen molar-refractivity contribution in [3.8, 4) is 0 Å². The van der Waals surface area contributed by atoms with Gasteiger partial charge in [-0.3, -0.25) is 0 Å². The van der Waals surface area contributed by atoms with Gasteiger partial charge in [-0.2, -0.15) is 0 Å². The second-order valence-electron chi connectivity index (χ2n) is 5.67. The predicted octanol–water partition coefficient (Wildman–Crippen LogP) is 4.63. The van der Waals surface area contributed by atoms with Crippen LogP contribution in [-0.4, -0.2) is 13.2 Å². The molecule has 2 aromatic carbocycles. The van der Waals surface area contributed by atoms with Crippen LogP contribution in [0.15, 0.2) is 60.7 Å². The first-order chi connectivity index (χ1) is 9.90. The van der Waals surface area contributed by atoms with Crippen molar-refractivity contribution in [3.05, 3.63) is 71.8 Å². The molecule has 1 nitrogen and oxygen atoms in total. The molecule has 0 unspecified atom stereocenters. The summed E-state index contributed by atoms with van der Waals surface area (Å²) in [5.74, 6) is 1.04. The lowest BCUT2D eigenvalue weighted by atomic mass is 9.79. The van der Waals surface area contributed by atoms with Crippen molar-refractivity contribution in [1.82, 2.24) is 0 Å². The van der Waals surface area contributed by atoms with E-state index in [0.29, 0.717) is 17.9 Å². The van der Waals surface area contributed by atoms with Crippen LogP contribution >= 0.6 is 0 Å². The molecular formula is C19H22O. The van der Waals surface area contributed by atoms with E-state index in [2.05, 4.69) is 60.7 Å². The van der Waals surface area contributed by atoms with Gasteiger partial charge >= 0.3 is 0 Å². The maximum Gasteiger partial charge on any atom is 0.0608 e. The van der Waals surface area contributed by atoms with E-state index in [9.17, 15) is 0 Å². The Morgan fingerprint density at radius 3 is 1.90 bits per heavy atom. The molecule has 0 spiro atoms. The van der Waals surface area contributed by atoms with Gasteiger partial charge in [-0.15, -0.1) is 0 Å². The predicted molar refractivity (Wildman–Crippen MR) is 82.9 cm³/mol. The Bertz CT molecular complexity index is 480. The number of hydrogen-bond acceptors (Lipinski definition) is 1. The third-order valence-corrected chi connectivity index (χ3v) is 4.55. The van der Waals surface area contributed by atoms with Gasteiger partial charge in [-0.25, -0.2) is 0 Å². The van der Waals surface area contributed by atoms with E-state index in [1.54, 1.807) is 0 Å². The number of benzene rings is 2. The fourth-order valence-electron chi connectivity index (χ4n) is 3.64. The molecule has 1 heteroatoms. The molecule has 0 bridgehead atoms. The Balaban J connectivity index is 2.00. The highest BCUT2D eigenvalue weighted by Gasteiger charge is 2.35. The smallest absolute Gasteiger partial charge is 0.0608 e. The van der Waals surface area contributed by atoms with Crippen LogP contribution in [0, 0.1) is 5.92 Å². The minimum atomic E-state index is 0.389. The summed E-state index contributed by atoms with van der Waals surface area (Å²) >= 11 is 0. The lowest BCUT2D eigenvalue weighted by Crippen LogP contribution is -2.24. The molecule has 2 aromatic rings. The van der Waals surface area contributed by atoms with Crippen LogP contribution in [-0.2, 0) is 4.74 Å². The lowest BCUT2D eigenvalue weighted by molar-refractivity contribution is 0.0653. The van der Waals surface area contributed by atoms with Crippen molar-refractivity contribution in [2.24, 2.45) is 5.92 Å². The molecular weight excluding hydrogens is 244 g/mol. The highest BCUT2D eigenvalue weighted by molar-refractivity contribution is 5.34. The summed E-state index contributed by atoms with van der Waals surface area (Å²) in [7, 11) is 1.86. The summed E-state index contributed by atoms with van der Waals surface area (Å²) in [6.45, 7) is 0. The first-order valence-corrected chi connectivity index (χ1v) is 7.53. The normalized spacial score (nSPS) is 22.3. The first kappa shape index (κ1) is 13.4. The summed E-state index contributed by atoms with van der Waals surface area (Å²) < 4.78 is 5.75. The molecule has 1 aliphatic carbocycles. The molecule has 20 heavy (non-hydrogen) atoms. The molecule has 1 saturated carbocycles. The monoisotopic (exact) mass is 266 g/mol. The number of methoxy groups -OCH3 is 1. The van der Waals surface area contributed by atoms with E-state index in [-0.39, 0.29) is 0 Å². The Morgan fingerprint density at radius 1 is 0.850 bits per heavy atom. The Hall–Kier alpha value is -1.60. The average Bonchev–Trinajstić information content (AvgIpc) is 2.98. The minimum absolute atomic E-state index is 0.389. The van der Waals surface area contributed by atoms with E-state index in [1.165, 1.54) is 30.4 Å². The van der Waals surface area contributed by atoms with Gasteiger partial charge in [0.15, 0.2) is 0 Å². The largest absolute Gasteiger partial charge is 0.381 e. The van der Waals surface area contributed by atoms with Crippen molar-refractivity contribution < 1.29 is 4.74 Å². The van der Waals surface area contributed by atoms with Gasteiger partial charge in [0.05, 0.1) is 6.10 Å². The Labute approximate surface area is 121 Å².